The molecule has 2 aromatic carbocycles. The van der Waals surface area contributed by atoms with Crippen molar-refractivity contribution in [3.63, 3.8) is 0 Å². The van der Waals surface area contributed by atoms with E-state index in [0.29, 0.717) is 16.5 Å². The summed E-state index contributed by atoms with van der Waals surface area (Å²) in [6.45, 7) is 3.57. The van der Waals surface area contributed by atoms with Crippen LogP contribution in [0.15, 0.2) is 48.8 Å². The maximum atomic E-state index is 12.3. The largest absolute Gasteiger partial charge is 0.481 e. The summed E-state index contributed by atoms with van der Waals surface area (Å²) in [4.78, 5) is 12.3. The SMILES string of the molecule is Cc1cc(O[C@H](C)C(=O)Nc2ccc(-n3cnnn3)cc2)ccc1Cl. The van der Waals surface area contributed by atoms with Gasteiger partial charge in [0.2, 0.25) is 0 Å². The van der Waals surface area contributed by atoms with Crippen molar-refractivity contribution in [1.29, 1.82) is 0 Å². The van der Waals surface area contributed by atoms with Crippen LogP contribution in [0.5, 0.6) is 5.75 Å². The second kappa shape index (κ2) is 7.31. The molecule has 0 radical (unpaired) electrons. The first-order chi connectivity index (χ1) is 12.0. The molecule has 0 bridgehead atoms. The molecule has 0 aliphatic carbocycles. The molecule has 0 saturated heterocycles. The quantitative estimate of drug-likeness (QED) is 0.759. The van der Waals surface area contributed by atoms with Crippen LogP contribution < -0.4 is 10.1 Å². The van der Waals surface area contributed by atoms with Gasteiger partial charge < -0.3 is 10.1 Å². The van der Waals surface area contributed by atoms with Crippen molar-refractivity contribution in [2.24, 2.45) is 0 Å². The van der Waals surface area contributed by atoms with Crippen LogP contribution in [0, 0.1) is 6.92 Å². The van der Waals surface area contributed by atoms with Crippen molar-refractivity contribution < 1.29 is 9.53 Å². The van der Waals surface area contributed by atoms with E-state index in [1.807, 2.05) is 6.92 Å². The lowest BCUT2D eigenvalue weighted by Crippen LogP contribution is -2.30. The van der Waals surface area contributed by atoms with Crippen LogP contribution in [0.4, 0.5) is 5.69 Å². The minimum Gasteiger partial charge on any atom is -0.481 e. The minimum atomic E-state index is -0.653. The monoisotopic (exact) mass is 357 g/mol. The van der Waals surface area contributed by atoms with Crippen molar-refractivity contribution in [1.82, 2.24) is 20.2 Å². The number of tetrazole rings is 1. The molecule has 0 spiro atoms. The van der Waals surface area contributed by atoms with Crippen LogP contribution in [-0.2, 0) is 4.79 Å². The number of nitrogens with one attached hydrogen (secondary N) is 1. The molecule has 25 heavy (non-hydrogen) atoms. The molecular weight excluding hydrogens is 342 g/mol. The Morgan fingerprint density at radius 3 is 2.64 bits per heavy atom. The van der Waals surface area contributed by atoms with E-state index in [4.69, 9.17) is 16.3 Å². The van der Waals surface area contributed by atoms with Gasteiger partial charge in [0.05, 0.1) is 5.69 Å². The van der Waals surface area contributed by atoms with Gasteiger partial charge in [0.15, 0.2) is 6.10 Å². The van der Waals surface area contributed by atoms with Gasteiger partial charge in [-0.15, -0.1) is 5.10 Å². The molecule has 0 aliphatic rings. The fourth-order valence-electron chi connectivity index (χ4n) is 2.17. The van der Waals surface area contributed by atoms with Gasteiger partial charge in [-0.1, -0.05) is 11.6 Å². The molecule has 1 heterocycles. The number of hydrogen-bond acceptors (Lipinski definition) is 5. The lowest BCUT2D eigenvalue weighted by molar-refractivity contribution is -0.122. The molecule has 0 fully saturated rings. The Balaban J connectivity index is 1.62. The van der Waals surface area contributed by atoms with E-state index in [1.165, 1.54) is 11.0 Å². The maximum absolute atomic E-state index is 12.3. The van der Waals surface area contributed by atoms with Gasteiger partial charge in [0, 0.05) is 10.7 Å². The molecule has 1 N–H and O–H groups in total. The number of nitrogens with zero attached hydrogens (tertiary/aromatic N) is 4. The maximum Gasteiger partial charge on any atom is 0.265 e. The molecule has 3 aromatic rings. The van der Waals surface area contributed by atoms with Gasteiger partial charge in [-0.3, -0.25) is 4.79 Å². The molecule has 7 nitrogen and oxygen atoms in total. The molecule has 1 amide bonds. The number of rotatable bonds is 5. The van der Waals surface area contributed by atoms with Crippen LogP contribution in [0.1, 0.15) is 12.5 Å². The topological polar surface area (TPSA) is 81.9 Å². The van der Waals surface area contributed by atoms with E-state index in [2.05, 4.69) is 20.8 Å². The number of aryl methyl sites for hydroxylation is 1. The Morgan fingerprint density at radius 1 is 1.24 bits per heavy atom. The summed E-state index contributed by atoms with van der Waals surface area (Å²) in [5, 5.41) is 14.4. The van der Waals surface area contributed by atoms with Gasteiger partial charge in [-0.2, -0.15) is 0 Å². The Kier molecular flexibility index (Phi) is 4.95. The highest BCUT2D eigenvalue weighted by Gasteiger charge is 2.15. The molecular formula is C17H16ClN5O2. The number of carbonyl (C=O) groups excluding carboxylic acids is 1. The van der Waals surface area contributed by atoms with Crippen molar-refractivity contribution in [3.8, 4) is 11.4 Å². The number of aromatic nitrogens is 4. The number of ether oxygens (including phenoxy) is 1. The highest BCUT2D eigenvalue weighted by molar-refractivity contribution is 6.31. The number of halogens is 1. The van der Waals surface area contributed by atoms with E-state index in [1.54, 1.807) is 49.4 Å². The zero-order chi connectivity index (χ0) is 17.8. The lowest BCUT2D eigenvalue weighted by atomic mass is 10.2. The van der Waals surface area contributed by atoms with E-state index in [-0.39, 0.29) is 5.91 Å². The highest BCUT2D eigenvalue weighted by Crippen LogP contribution is 2.22. The molecule has 3 rings (SSSR count). The first kappa shape index (κ1) is 16.9. The zero-order valence-corrected chi connectivity index (χ0v) is 14.4. The molecule has 1 atom stereocenters. The van der Waals surface area contributed by atoms with Crippen molar-refractivity contribution in [2.45, 2.75) is 20.0 Å². The molecule has 128 valence electrons. The summed E-state index contributed by atoms with van der Waals surface area (Å²) in [5.74, 6) is 0.348. The van der Waals surface area contributed by atoms with E-state index >= 15 is 0 Å². The Bertz CT molecular complexity index is 865. The normalized spacial score (nSPS) is 11.8. The zero-order valence-electron chi connectivity index (χ0n) is 13.7. The van der Waals surface area contributed by atoms with Crippen LogP contribution >= 0.6 is 11.6 Å². The number of carbonyl (C=O) groups is 1. The first-order valence-electron chi connectivity index (χ1n) is 7.60. The summed E-state index contributed by atoms with van der Waals surface area (Å²) in [7, 11) is 0. The van der Waals surface area contributed by atoms with Crippen LogP contribution in [0.2, 0.25) is 5.02 Å². The number of benzene rings is 2. The van der Waals surface area contributed by atoms with Gasteiger partial charge in [0.25, 0.3) is 5.91 Å². The smallest absolute Gasteiger partial charge is 0.265 e. The summed E-state index contributed by atoms with van der Waals surface area (Å²) >= 11 is 5.99. The second-order valence-corrected chi connectivity index (χ2v) is 5.87. The minimum absolute atomic E-state index is 0.247. The average Bonchev–Trinajstić information content (AvgIpc) is 3.13. The Morgan fingerprint density at radius 2 is 2.00 bits per heavy atom. The van der Waals surface area contributed by atoms with E-state index in [0.717, 1.165) is 11.3 Å². The Hall–Kier alpha value is -2.93. The van der Waals surface area contributed by atoms with Gasteiger partial charge in [0.1, 0.15) is 12.1 Å². The Labute approximate surface area is 149 Å². The van der Waals surface area contributed by atoms with E-state index < -0.39 is 6.10 Å². The predicted octanol–water partition coefficient (Wildman–Crippen LogP) is 3.03. The highest BCUT2D eigenvalue weighted by atomic mass is 35.5. The standard InChI is InChI=1S/C17H16ClN5O2/c1-11-9-15(7-8-16(11)18)25-12(2)17(24)20-13-3-5-14(6-4-13)23-10-19-21-22-23/h3-10,12H,1-2H3,(H,20,24)/t12-/m1/s1. The van der Waals surface area contributed by atoms with Crippen molar-refractivity contribution >= 4 is 23.2 Å². The molecule has 0 unspecified atom stereocenters. The average molecular weight is 358 g/mol. The van der Waals surface area contributed by atoms with Gasteiger partial charge in [-0.25, -0.2) is 4.68 Å². The lowest BCUT2D eigenvalue weighted by Gasteiger charge is -2.15. The number of amides is 1. The summed E-state index contributed by atoms with van der Waals surface area (Å²) in [5.41, 5.74) is 2.35. The fraction of sp³-hybridized carbons (Fsp3) is 0.176. The molecule has 0 aliphatic heterocycles. The third kappa shape index (κ3) is 4.13. The van der Waals surface area contributed by atoms with Gasteiger partial charge >= 0.3 is 0 Å². The predicted molar refractivity (Wildman–Crippen MR) is 94.1 cm³/mol. The van der Waals surface area contributed by atoms with Crippen molar-refractivity contribution in [3.05, 3.63) is 59.4 Å². The van der Waals surface area contributed by atoms with Crippen LogP contribution in [-0.4, -0.2) is 32.2 Å². The molecule has 1 aromatic heterocycles. The van der Waals surface area contributed by atoms with Crippen LogP contribution in [0.25, 0.3) is 5.69 Å². The summed E-state index contributed by atoms with van der Waals surface area (Å²) < 4.78 is 7.19. The first-order valence-corrected chi connectivity index (χ1v) is 7.98. The fourth-order valence-corrected chi connectivity index (χ4v) is 2.29. The third-order valence-corrected chi connectivity index (χ3v) is 3.98. The molecule has 0 saturated carbocycles. The number of anilines is 1. The summed E-state index contributed by atoms with van der Waals surface area (Å²) in [6, 6.07) is 12.4. The third-order valence-electron chi connectivity index (χ3n) is 3.56. The van der Waals surface area contributed by atoms with Crippen molar-refractivity contribution in [2.75, 3.05) is 5.32 Å². The number of hydrogen-bond donors (Lipinski definition) is 1. The van der Waals surface area contributed by atoms with Gasteiger partial charge in [-0.05, 0) is 72.3 Å². The van der Waals surface area contributed by atoms with Crippen LogP contribution in [0.3, 0.4) is 0 Å². The second-order valence-electron chi connectivity index (χ2n) is 5.46. The summed E-state index contributed by atoms with van der Waals surface area (Å²) in [6.07, 6.45) is 0.845. The van der Waals surface area contributed by atoms with E-state index in [9.17, 15) is 4.79 Å². The molecule has 8 heteroatoms.